The van der Waals surface area contributed by atoms with E-state index in [4.69, 9.17) is 80.9 Å². The molecule has 0 aliphatic heterocycles. The van der Waals surface area contributed by atoms with Crippen molar-refractivity contribution in [2.75, 3.05) is 211 Å². The summed E-state index contributed by atoms with van der Waals surface area (Å²) in [6.07, 6.45) is 1.11. The van der Waals surface area contributed by atoms with Crippen LogP contribution in [-0.4, -0.2) is 222 Å². The second-order valence-electron chi connectivity index (χ2n) is 10.3. The standard InChI is InChI=1S/C35H68O18/c1-2-35(37)53-34-33-52-32-31-51-30-29-50-28-27-49-26-25-48-24-23-47-22-21-46-20-19-45-18-17-44-16-15-43-14-13-42-12-11-41-10-9-40-8-7-39-6-5-38-4-3-36/h2,36H,1,3-34H2. The maximum absolute atomic E-state index is 10.9. The van der Waals surface area contributed by atoms with Gasteiger partial charge < -0.3 is 80.9 Å². The molecule has 316 valence electrons. The van der Waals surface area contributed by atoms with Crippen LogP contribution in [-0.2, 0) is 80.6 Å². The molecule has 1 N–H and O–H groups in total. The Kier molecular flexibility index (Phi) is 47.3. The minimum Gasteiger partial charge on any atom is -0.460 e. The van der Waals surface area contributed by atoms with Crippen LogP contribution in [0.4, 0.5) is 0 Å². The molecule has 0 aromatic rings. The van der Waals surface area contributed by atoms with Gasteiger partial charge in [0.25, 0.3) is 0 Å². The Morgan fingerprint density at radius 2 is 0.453 bits per heavy atom. The van der Waals surface area contributed by atoms with E-state index in [0.29, 0.717) is 198 Å². The summed E-state index contributed by atoms with van der Waals surface area (Å²) in [4.78, 5) is 10.9. The van der Waals surface area contributed by atoms with Crippen molar-refractivity contribution < 1.29 is 85.7 Å². The van der Waals surface area contributed by atoms with E-state index in [1.807, 2.05) is 0 Å². The number of aliphatic hydroxyl groups excluding tert-OH is 1. The lowest BCUT2D eigenvalue weighted by molar-refractivity contribution is -0.139. The first-order valence-electron chi connectivity index (χ1n) is 18.4. The summed E-state index contributed by atoms with van der Waals surface area (Å²) in [5, 5.41) is 8.59. The van der Waals surface area contributed by atoms with Gasteiger partial charge in [0.1, 0.15) is 6.61 Å². The van der Waals surface area contributed by atoms with Crippen LogP contribution in [0.25, 0.3) is 0 Å². The molecular weight excluding hydrogens is 708 g/mol. The molecule has 53 heavy (non-hydrogen) atoms. The molecule has 0 aliphatic rings. The van der Waals surface area contributed by atoms with Crippen LogP contribution in [0.5, 0.6) is 0 Å². The monoisotopic (exact) mass is 776 g/mol. The molecule has 0 unspecified atom stereocenters. The first kappa shape index (κ1) is 51.6. The van der Waals surface area contributed by atoms with E-state index in [-0.39, 0.29) is 13.2 Å². The van der Waals surface area contributed by atoms with Gasteiger partial charge in [-0.1, -0.05) is 6.58 Å². The molecule has 0 radical (unpaired) electrons. The van der Waals surface area contributed by atoms with Crippen LogP contribution in [0.3, 0.4) is 0 Å². The van der Waals surface area contributed by atoms with Crippen LogP contribution in [0, 0.1) is 0 Å². The van der Waals surface area contributed by atoms with Crippen molar-refractivity contribution >= 4 is 5.97 Å². The minimum atomic E-state index is -0.463. The van der Waals surface area contributed by atoms with Crippen molar-refractivity contribution in [3.63, 3.8) is 0 Å². The highest BCUT2D eigenvalue weighted by Gasteiger charge is 1.98. The number of carbonyl (C=O) groups is 1. The zero-order valence-corrected chi connectivity index (χ0v) is 31.8. The third kappa shape index (κ3) is 48.6. The highest BCUT2D eigenvalue weighted by molar-refractivity contribution is 5.81. The zero-order valence-electron chi connectivity index (χ0n) is 31.8. The summed E-state index contributed by atoms with van der Waals surface area (Å²) in [5.74, 6) is -0.463. The van der Waals surface area contributed by atoms with Crippen LogP contribution < -0.4 is 0 Å². The third-order valence-electron chi connectivity index (χ3n) is 6.08. The topological polar surface area (TPSA) is 185 Å². The zero-order chi connectivity index (χ0) is 38.2. The number of ether oxygens (including phenoxy) is 16. The highest BCUT2D eigenvalue weighted by Crippen LogP contribution is 1.89. The van der Waals surface area contributed by atoms with E-state index < -0.39 is 5.97 Å². The Morgan fingerprint density at radius 3 is 0.604 bits per heavy atom. The smallest absolute Gasteiger partial charge is 0.330 e. The summed E-state index contributed by atoms with van der Waals surface area (Å²) in [5.41, 5.74) is 0. The predicted octanol–water partition coefficient (Wildman–Crippen LogP) is -0.0431. The molecule has 0 bridgehead atoms. The van der Waals surface area contributed by atoms with Gasteiger partial charge in [0.05, 0.1) is 205 Å². The molecule has 18 nitrogen and oxygen atoms in total. The lowest BCUT2D eigenvalue weighted by Gasteiger charge is -2.09. The molecule has 0 rings (SSSR count). The quantitative estimate of drug-likeness (QED) is 0.0493. The Bertz CT molecular complexity index is 708. The van der Waals surface area contributed by atoms with Crippen molar-refractivity contribution in [1.29, 1.82) is 0 Å². The average molecular weight is 777 g/mol. The normalized spacial score (nSPS) is 11.4. The molecule has 0 spiro atoms. The molecule has 0 fully saturated rings. The molecule has 0 aromatic carbocycles. The number of hydrogen-bond donors (Lipinski definition) is 1. The maximum atomic E-state index is 10.9. The molecule has 0 amide bonds. The van der Waals surface area contributed by atoms with Crippen LogP contribution in [0.2, 0.25) is 0 Å². The van der Waals surface area contributed by atoms with Gasteiger partial charge in [0.2, 0.25) is 0 Å². The fourth-order valence-corrected chi connectivity index (χ4v) is 3.51. The number of hydrogen-bond acceptors (Lipinski definition) is 18. The number of esters is 1. The average Bonchev–Trinajstić information content (AvgIpc) is 3.17. The van der Waals surface area contributed by atoms with Gasteiger partial charge in [0, 0.05) is 6.08 Å². The van der Waals surface area contributed by atoms with E-state index in [9.17, 15) is 4.79 Å². The first-order chi connectivity index (χ1) is 26.3. The Morgan fingerprint density at radius 1 is 0.302 bits per heavy atom. The summed E-state index contributed by atoms with van der Waals surface area (Å²) < 4.78 is 85.9. The van der Waals surface area contributed by atoms with E-state index in [1.165, 1.54) is 0 Å². The van der Waals surface area contributed by atoms with E-state index in [2.05, 4.69) is 6.58 Å². The minimum absolute atomic E-state index is 0.0199. The van der Waals surface area contributed by atoms with Crippen molar-refractivity contribution in [2.45, 2.75) is 0 Å². The Hall–Kier alpha value is -1.43. The van der Waals surface area contributed by atoms with Crippen LogP contribution >= 0.6 is 0 Å². The summed E-state index contributed by atoms with van der Waals surface area (Å²) in [6, 6.07) is 0. The fraction of sp³-hybridized carbons (Fsp3) is 0.914. The Labute approximate surface area is 315 Å². The van der Waals surface area contributed by atoms with Crippen LogP contribution in [0.15, 0.2) is 12.7 Å². The van der Waals surface area contributed by atoms with Gasteiger partial charge in [-0.15, -0.1) is 0 Å². The van der Waals surface area contributed by atoms with Gasteiger partial charge >= 0.3 is 5.97 Å². The lowest BCUT2D eigenvalue weighted by Crippen LogP contribution is -2.16. The summed E-state index contributed by atoms with van der Waals surface area (Å²) in [7, 11) is 0. The van der Waals surface area contributed by atoms with Crippen LogP contribution in [0.1, 0.15) is 0 Å². The SMILES string of the molecule is C=CC(=O)OCCOCCOCCOCCOCCOCCOCCOCCOCCOCCOCCOCCOCCOCCOCCOCCO. The molecule has 0 aliphatic carbocycles. The summed E-state index contributed by atoms with van der Waals surface area (Å²) in [6.45, 7) is 17.7. The third-order valence-corrected chi connectivity index (χ3v) is 6.08. The molecule has 0 heterocycles. The Balaban J connectivity index is 3.06. The van der Waals surface area contributed by atoms with Gasteiger partial charge in [-0.05, 0) is 0 Å². The van der Waals surface area contributed by atoms with Crippen molar-refractivity contribution in [2.24, 2.45) is 0 Å². The first-order valence-corrected chi connectivity index (χ1v) is 18.4. The van der Waals surface area contributed by atoms with Gasteiger partial charge in [-0.3, -0.25) is 0 Å². The highest BCUT2D eigenvalue weighted by atomic mass is 16.6. The van der Waals surface area contributed by atoms with Crippen molar-refractivity contribution in [3.05, 3.63) is 12.7 Å². The molecular formula is C35H68O18. The molecule has 18 heteroatoms. The van der Waals surface area contributed by atoms with Crippen molar-refractivity contribution in [3.8, 4) is 0 Å². The number of carbonyl (C=O) groups excluding carboxylic acids is 1. The second kappa shape index (κ2) is 48.6. The van der Waals surface area contributed by atoms with E-state index >= 15 is 0 Å². The van der Waals surface area contributed by atoms with Gasteiger partial charge in [-0.2, -0.15) is 0 Å². The number of aliphatic hydroxyl groups is 1. The predicted molar refractivity (Wildman–Crippen MR) is 191 cm³/mol. The fourth-order valence-electron chi connectivity index (χ4n) is 3.51. The second-order valence-corrected chi connectivity index (χ2v) is 10.3. The molecule has 0 atom stereocenters. The maximum Gasteiger partial charge on any atom is 0.330 e. The number of rotatable bonds is 48. The molecule has 0 saturated heterocycles. The summed E-state index contributed by atoms with van der Waals surface area (Å²) >= 11 is 0. The van der Waals surface area contributed by atoms with Gasteiger partial charge in [0.15, 0.2) is 0 Å². The van der Waals surface area contributed by atoms with E-state index in [0.717, 1.165) is 6.08 Å². The van der Waals surface area contributed by atoms with Crippen molar-refractivity contribution in [1.82, 2.24) is 0 Å². The van der Waals surface area contributed by atoms with Gasteiger partial charge in [-0.25, -0.2) is 4.79 Å². The van der Waals surface area contributed by atoms with E-state index in [1.54, 1.807) is 0 Å². The molecule has 0 saturated carbocycles. The lowest BCUT2D eigenvalue weighted by atomic mass is 10.6. The molecule has 0 aromatic heterocycles. The largest absolute Gasteiger partial charge is 0.460 e.